The molecule has 0 amide bonds. The van der Waals surface area contributed by atoms with Gasteiger partial charge in [-0.25, -0.2) is 0 Å². The molecule has 0 heterocycles. The second kappa shape index (κ2) is 4.10. The Bertz CT molecular complexity index is 132. The number of ketones is 1. The molecule has 5 nitrogen and oxygen atoms in total. The van der Waals surface area contributed by atoms with E-state index in [4.69, 9.17) is 15.3 Å². The van der Waals surface area contributed by atoms with Crippen molar-refractivity contribution in [3.8, 4) is 0 Å². The highest BCUT2D eigenvalue weighted by Crippen LogP contribution is 1.90. The standard InChI is InChI=1S/C5H8O5/c6-1-3(8)5(10)4(9)2-7/h1,3,5,7-8,10H,2H2/t3-,5-/m0/s1. The molecular weight excluding hydrogens is 140 g/mol. The third kappa shape index (κ3) is 2.22. The normalized spacial score (nSPS) is 15.9. The highest BCUT2D eigenvalue weighted by atomic mass is 16.3. The topological polar surface area (TPSA) is 94.8 Å². The van der Waals surface area contributed by atoms with E-state index in [2.05, 4.69) is 0 Å². The average Bonchev–Trinajstić information content (AvgIpc) is 2.00. The Balaban J connectivity index is 3.93. The molecule has 0 aromatic heterocycles. The summed E-state index contributed by atoms with van der Waals surface area (Å²) in [4.78, 5) is 20.0. The predicted molar refractivity (Wildman–Crippen MR) is 30.2 cm³/mol. The summed E-state index contributed by atoms with van der Waals surface area (Å²) >= 11 is 0. The van der Waals surface area contributed by atoms with Crippen LogP contribution in [-0.4, -0.2) is 46.2 Å². The van der Waals surface area contributed by atoms with Gasteiger partial charge in [0.05, 0.1) is 0 Å². The van der Waals surface area contributed by atoms with Crippen LogP contribution >= 0.6 is 0 Å². The largest absolute Gasteiger partial charge is 0.388 e. The minimum absolute atomic E-state index is 0.0260. The molecule has 0 bridgehead atoms. The van der Waals surface area contributed by atoms with Gasteiger partial charge >= 0.3 is 0 Å². The van der Waals surface area contributed by atoms with Crippen molar-refractivity contribution < 1.29 is 24.9 Å². The molecule has 10 heavy (non-hydrogen) atoms. The number of rotatable bonds is 4. The highest BCUT2D eigenvalue weighted by molar-refractivity contribution is 5.87. The molecule has 2 atom stereocenters. The van der Waals surface area contributed by atoms with Gasteiger partial charge in [0.25, 0.3) is 0 Å². The Hall–Kier alpha value is -0.780. The second-order valence-corrected chi connectivity index (χ2v) is 1.70. The van der Waals surface area contributed by atoms with Crippen LogP contribution < -0.4 is 0 Å². The minimum Gasteiger partial charge on any atom is -0.388 e. The van der Waals surface area contributed by atoms with Crippen LogP contribution in [0.5, 0.6) is 0 Å². The molecule has 0 saturated carbocycles. The van der Waals surface area contributed by atoms with E-state index < -0.39 is 24.6 Å². The second-order valence-electron chi connectivity index (χ2n) is 1.70. The molecule has 5 heteroatoms. The third-order valence-corrected chi connectivity index (χ3v) is 0.949. The first-order valence-corrected chi connectivity index (χ1v) is 2.58. The molecular formula is C5H8O5. The number of carbonyl (C=O) groups is 2. The fraction of sp³-hybridized carbons (Fsp3) is 0.600. The van der Waals surface area contributed by atoms with Crippen LogP contribution in [0.15, 0.2) is 0 Å². The molecule has 0 aromatic carbocycles. The van der Waals surface area contributed by atoms with Crippen LogP contribution in [0.4, 0.5) is 0 Å². The fourth-order valence-electron chi connectivity index (χ4n) is 0.358. The van der Waals surface area contributed by atoms with Crippen LogP contribution in [0.3, 0.4) is 0 Å². The van der Waals surface area contributed by atoms with Crippen LogP contribution in [-0.2, 0) is 9.59 Å². The smallest absolute Gasteiger partial charge is 0.189 e. The highest BCUT2D eigenvalue weighted by Gasteiger charge is 2.22. The maximum absolute atomic E-state index is 10.3. The Labute approximate surface area is 56.9 Å². The molecule has 0 saturated heterocycles. The number of aliphatic hydroxyl groups excluding tert-OH is 3. The van der Waals surface area contributed by atoms with Gasteiger partial charge < -0.3 is 20.1 Å². The zero-order valence-electron chi connectivity index (χ0n) is 5.10. The predicted octanol–water partition coefficient (Wildman–Crippen LogP) is -2.53. The first-order valence-electron chi connectivity index (χ1n) is 2.58. The summed E-state index contributed by atoms with van der Waals surface area (Å²) in [7, 11) is 0. The molecule has 0 rings (SSSR count). The quantitative estimate of drug-likeness (QED) is 0.382. The van der Waals surface area contributed by atoms with Gasteiger partial charge in [0.1, 0.15) is 18.8 Å². The zero-order chi connectivity index (χ0) is 8.15. The molecule has 0 aliphatic rings. The number of Topliss-reactive ketones (excluding diaryl/α,β-unsaturated/α-hetero) is 1. The van der Waals surface area contributed by atoms with E-state index in [9.17, 15) is 9.59 Å². The number of aldehydes is 1. The molecule has 0 radical (unpaired) electrons. The van der Waals surface area contributed by atoms with Crippen molar-refractivity contribution in [2.24, 2.45) is 0 Å². The SMILES string of the molecule is O=C[C@H](O)[C@H](O)C(=O)CO. The summed E-state index contributed by atoms with van der Waals surface area (Å²) in [6.07, 6.45) is -3.51. The van der Waals surface area contributed by atoms with Gasteiger partial charge in [0.15, 0.2) is 12.1 Å². The van der Waals surface area contributed by atoms with Gasteiger partial charge in [-0.1, -0.05) is 0 Å². The Morgan fingerprint density at radius 1 is 1.50 bits per heavy atom. The lowest BCUT2D eigenvalue weighted by Gasteiger charge is -2.08. The maximum Gasteiger partial charge on any atom is 0.189 e. The van der Waals surface area contributed by atoms with E-state index in [1.54, 1.807) is 0 Å². The van der Waals surface area contributed by atoms with Crippen LogP contribution in [0, 0.1) is 0 Å². The zero-order valence-corrected chi connectivity index (χ0v) is 5.10. The number of hydrogen-bond donors (Lipinski definition) is 3. The van der Waals surface area contributed by atoms with E-state index in [1.165, 1.54) is 0 Å². The van der Waals surface area contributed by atoms with E-state index in [0.717, 1.165) is 0 Å². The van der Waals surface area contributed by atoms with Gasteiger partial charge in [-0.2, -0.15) is 0 Å². The van der Waals surface area contributed by atoms with E-state index in [-0.39, 0.29) is 6.29 Å². The van der Waals surface area contributed by atoms with E-state index >= 15 is 0 Å². The first-order chi connectivity index (χ1) is 4.63. The van der Waals surface area contributed by atoms with E-state index in [0.29, 0.717) is 0 Å². The van der Waals surface area contributed by atoms with Crippen molar-refractivity contribution in [3.05, 3.63) is 0 Å². The molecule has 0 spiro atoms. The fourth-order valence-corrected chi connectivity index (χ4v) is 0.358. The number of hydrogen-bond acceptors (Lipinski definition) is 5. The summed E-state index contributed by atoms with van der Waals surface area (Å²) in [5.74, 6) is -0.973. The van der Waals surface area contributed by atoms with Crippen molar-refractivity contribution in [1.82, 2.24) is 0 Å². The maximum atomic E-state index is 10.3. The molecule has 0 aromatic rings. The third-order valence-electron chi connectivity index (χ3n) is 0.949. The summed E-state index contributed by atoms with van der Waals surface area (Å²) < 4.78 is 0. The Kier molecular flexibility index (Phi) is 3.78. The summed E-state index contributed by atoms with van der Waals surface area (Å²) in [5, 5.41) is 25.2. The minimum atomic E-state index is -1.80. The van der Waals surface area contributed by atoms with Gasteiger partial charge in [0, 0.05) is 0 Å². The van der Waals surface area contributed by atoms with Crippen molar-refractivity contribution in [2.75, 3.05) is 6.61 Å². The van der Waals surface area contributed by atoms with Crippen LogP contribution in [0.25, 0.3) is 0 Å². The lowest BCUT2D eigenvalue weighted by molar-refractivity contribution is -0.139. The van der Waals surface area contributed by atoms with Crippen LogP contribution in [0.1, 0.15) is 0 Å². The van der Waals surface area contributed by atoms with Crippen molar-refractivity contribution in [3.63, 3.8) is 0 Å². The number of aliphatic hydroxyl groups is 3. The first kappa shape index (κ1) is 9.22. The summed E-state index contributed by atoms with van der Waals surface area (Å²) in [5.41, 5.74) is 0. The monoisotopic (exact) mass is 148 g/mol. The summed E-state index contributed by atoms with van der Waals surface area (Å²) in [6.45, 7) is -0.883. The molecule has 0 aliphatic carbocycles. The van der Waals surface area contributed by atoms with Gasteiger partial charge in [-0.15, -0.1) is 0 Å². The van der Waals surface area contributed by atoms with Gasteiger partial charge in [0.2, 0.25) is 0 Å². The van der Waals surface area contributed by atoms with E-state index in [1.807, 2.05) is 0 Å². The molecule has 58 valence electrons. The van der Waals surface area contributed by atoms with Gasteiger partial charge in [-0.05, 0) is 0 Å². The van der Waals surface area contributed by atoms with Crippen LogP contribution in [0.2, 0.25) is 0 Å². The molecule has 0 unspecified atom stereocenters. The lowest BCUT2D eigenvalue weighted by Crippen LogP contribution is -2.36. The molecule has 0 aliphatic heterocycles. The lowest BCUT2D eigenvalue weighted by atomic mass is 10.1. The van der Waals surface area contributed by atoms with Gasteiger partial charge in [-0.3, -0.25) is 4.79 Å². The van der Waals surface area contributed by atoms with Crippen molar-refractivity contribution >= 4 is 12.1 Å². The molecule has 0 fully saturated rings. The van der Waals surface area contributed by atoms with Crippen molar-refractivity contribution in [2.45, 2.75) is 12.2 Å². The Morgan fingerprint density at radius 2 is 2.00 bits per heavy atom. The molecule has 3 N–H and O–H groups in total. The number of carbonyl (C=O) groups excluding carboxylic acids is 2. The summed E-state index contributed by atoms with van der Waals surface area (Å²) in [6, 6.07) is 0. The van der Waals surface area contributed by atoms with Crippen molar-refractivity contribution in [1.29, 1.82) is 0 Å². The average molecular weight is 148 g/mol. The Morgan fingerprint density at radius 3 is 2.30 bits per heavy atom.